The van der Waals surface area contributed by atoms with Crippen LogP contribution in [-0.2, 0) is 0 Å². The first-order valence-corrected chi connectivity index (χ1v) is 7.63. The molecule has 0 aromatic rings. The average molecular weight is 221 g/mol. The summed E-state index contributed by atoms with van der Waals surface area (Å²) >= 11 is 3.97. The van der Waals surface area contributed by atoms with Gasteiger partial charge in [0.1, 0.15) is 0 Å². The van der Waals surface area contributed by atoms with Crippen LogP contribution in [-0.4, -0.2) is 36.6 Å². The highest BCUT2D eigenvalue weighted by Gasteiger charge is 1.98. The summed E-state index contributed by atoms with van der Waals surface area (Å²) in [5.74, 6) is 4.65. The molecule has 1 N–H and O–H groups in total. The summed E-state index contributed by atoms with van der Waals surface area (Å²) in [7, 11) is 0. The van der Waals surface area contributed by atoms with Gasteiger partial charge in [-0.3, -0.25) is 0 Å². The Balaban J connectivity index is 2.97. The van der Waals surface area contributed by atoms with Gasteiger partial charge in [0.25, 0.3) is 0 Å². The van der Waals surface area contributed by atoms with Crippen LogP contribution in [0.1, 0.15) is 20.3 Å². The lowest BCUT2D eigenvalue weighted by Gasteiger charge is -2.10. The Morgan fingerprint density at radius 2 is 2.15 bits per heavy atom. The molecule has 1 atom stereocenters. The Labute approximate surface area is 91.8 Å². The van der Waals surface area contributed by atoms with Gasteiger partial charge in [0, 0.05) is 0 Å². The van der Waals surface area contributed by atoms with Gasteiger partial charge in [0.2, 0.25) is 0 Å². The van der Waals surface area contributed by atoms with Crippen LogP contribution in [0.15, 0.2) is 0 Å². The van der Waals surface area contributed by atoms with Gasteiger partial charge >= 0.3 is 0 Å². The molecule has 0 aliphatic rings. The van der Waals surface area contributed by atoms with Crippen molar-refractivity contribution in [3.05, 3.63) is 0 Å². The van der Waals surface area contributed by atoms with E-state index in [9.17, 15) is 0 Å². The first-order valence-electron chi connectivity index (χ1n) is 5.08. The highest BCUT2D eigenvalue weighted by atomic mass is 32.2. The minimum Gasteiger partial charge on any atom is -0.316 e. The van der Waals surface area contributed by atoms with E-state index < -0.39 is 0 Å². The molecule has 0 aromatic carbocycles. The summed E-state index contributed by atoms with van der Waals surface area (Å²) in [5, 5.41) is 3.50. The molecule has 13 heavy (non-hydrogen) atoms. The summed E-state index contributed by atoms with van der Waals surface area (Å²) in [6, 6.07) is 0. The standard InChI is InChI=1S/C10H23NS2/c1-4-13-7-5-6-11-8-10(2)9-12-3/h10-11H,4-9H2,1-3H3. The first-order chi connectivity index (χ1) is 6.31. The molecule has 0 aromatic heterocycles. The van der Waals surface area contributed by atoms with Crippen molar-refractivity contribution in [3.8, 4) is 0 Å². The van der Waals surface area contributed by atoms with Gasteiger partial charge in [0.05, 0.1) is 0 Å². The van der Waals surface area contributed by atoms with Crippen molar-refractivity contribution in [2.45, 2.75) is 20.3 Å². The van der Waals surface area contributed by atoms with Crippen LogP contribution in [0.25, 0.3) is 0 Å². The molecular weight excluding hydrogens is 198 g/mol. The van der Waals surface area contributed by atoms with Crippen LogP contribution < -0.4 is 5.32 Å². The maximum absolute atomic E-state index is 3.50. The number of rotatable bonds is 9. The second-order valence-corrected chi connectivity index (χ2v) is 5.62. The van der Waals surface area contributed by atoms with Gasteiger partial charge in [-0.25, -0.2) is 0 Å². The predicted octanol–water partition coefficient (Wildman–Crippen LogP) is 2.72. The molecule has 0 amide bonds. The fourth-order valence-electron chi connectivity index (χ4n) is 1.14. The lowest BCUT2D eigenvalue weighted by Crippen LogP contribution is -2.23. The van der Waals surface area contributed by atoms with E-state index in [0.29, 0.717) is 0 Å². The summed E-state index contributed by atoms with van der Waals surface area (Å²) in [5.41, 5.74) is 0. The summed E-state index contributed by atoms with van der Waals surface area (Å²) in [6.07, 6.45) is 3.49. The minimum atomic E-state index is 0.814. The minimum absolute atomic E-state index is 0.814. The smallest absolute Gasteiger partial charge is 0.00153 e. The summed E-state index contributed by atoms with van der Waals surface area (Å²) in [6.45, 7) is 6.90. The second kappa shape index (κ2) is 10.7. The van der Waals surface area contributed by atoms with Crippen molar-refractivity contribution in [3.63, 3.8) is 0 Å². The van der Waals surface area contributed by atoms with E-state index in [0.717, 1.165) is 5.92 Å². The van der Waals surface area contributed by atoms with E-state index in [1.54, 1.807) is 0 Å². The van der Waals surface area contributed by atoms with Crippen molar-refractivity contribution in [1.82, 2.24) is 5.32 Å². The molecular formula is C10H23NS2. The third-order valence-corrected chi connectivity index (χ3v) is 3.68. The molecule has 0 aliphatic carbocycles. The third kappa shape index (κ3) is 10.6. The second-order valence-electron chi connectivity index (χ2n) is 3.32. The fraction of sp³-hybridized carbons (Fsp3) is 1.00. The molecule has 3 heteroatoms. The van der Waals surface area contributed by atoms with Gasteiger partial charge in [-0.1, -0.05) is 13.8 Å². The highest BCUT2D eigenvalue weighted by Crippen LogP contribution is 2.03. The molecule has 80 valence electrons. The normalized spacial score (nSPS) is 13.2. The van der Waals surface area contributed by atoms with Gasteiger partial charge in [-0.05, 0) is 48.9 Å². The van der Waals surface area contributed by atoms with Gasteiger partial charge < -0.3 is 5.32 Å². The Bertz CT molecular complexity index is 98.9. The van der Waals surface area contributed by atoms with Crippen molar-refractivity contribution in [1.29, 1.82) is 0 Å². The van der Waals surface area contributed by atoms with E-state index in [2.05, 4.69) is 25.4 Å². The monoisotopic (exact) mass is 221 g/mol. The summed E-state index contributed by atoms with van der Waals surface area (Å²) in [4.78, 5) is 0. The number of nitrogens with one attached hydrogen (secondary N) is 1. The maximum Gasteiger partial charge on any atom is -0.00153 e. The zero-order valence-corrected chi connectivity index (χ0v) is 10.8. The molecule has 0 saturated carbocycles. The van der Waals surface area contributed by atoms with Crippen molar-refractivity contribution in [2.24, 2.45) is 5.92 Å². The molecule has 0 rings (SSSR count). The maximum atomic E-state index is 3.50. The average Bonchev–Trinajstić information content (AvgIpc) is 2.11. The highest BCUT2D eigenvalue weighted by molar-refractivity contribution is 7.99. The molecule has 1 unspecified atom stereocenters. The lowest BCUT2D eigenvalue weighted by atomic mass is 10.2. The van der Waals surface area contributed by atoms with Crippen LogP contribution in [0.2, 0.25) is 0 Å². The zero-order valence-electron chi connectivity index (χ0n) is 9.14. The number of hydrogen-bond acceptors (Lipinski definition) is 3. The van der Waals surface area contributed by atoms with E-state index in [1.807, 2.05) is 23.5 Å². The topological polar surface area (TPSA) is 12.0 Å². The molecule has 1 nitrogen and oxygen atoms in total. The lowest BCUT2D eigenvalue weighted by molar-refractivity contribution is 0.558. The molecule has 0 saturated heterocycles. The Morgan fingerprint density at radius 1 is 1.38 bits per heavy atom. The Kier molecular flexibility index (Phi) is 11.3. The number of hydrogen-bond donors (Lipinski definition) is 1. The van der Waals surface area contributed by atoms with Crippen LogP contribution >= 0.6 is 23.5 Å². The number of thioether (sulfide) groups is 2. The third-order valence-electron chi connectivity index (χ3n) is 1.79. The molecule has 0 spiro atoms. The van der Waals surface area contributed by atoms with E-state index in [1.165, 1.54) is 36.8 Å². The fourth-order valence-corrected chi connectivity index (χ4v) is 2.46. The van der Waals surface area contributed by atoms with Crippen LogP contribution in [0, 0.1) is 5.92 Å². The van der Waals surface area contributed by atoms with Crippen LogP contribution in [0.5, 0.6) is 0 Å². The van der Waals surface area contributed by atoms with Crippen LogP contribution in [0.3, 0.4) is 0 Å². The first kappa shape index (κ1) is 13.7. The predicted molar refractivity (Wildman–Crippen MR) is 68.0 cm³/mol. The molecule has 0 radical (unpaired) electrons. The largest absolute Gasteiger partial charge is 0.316 e. The van der Waals surface area contributed by atoms with Gasteiger partial charge in [-0.15, -0.1) is 0 Å². The van der Waals surface area contributed by atoms with Crippen molar-refractivity contribution < 1.29 is 0 Å². The zero-order chi connectivity index (χ0) is 9.94. The molecule has 0 bridgehead atoms. The van der Waals surface area contributed by atoms with E-state index in [-0.39, 0.29) is 0 Å². The van der Waals surface area contributed by atoms with Gasteiger partial charge in [-0.2, -0.15) is 23.5 Å². The quantitative estimate of drug-likeness (QED) is 0.601. The molecule has 0 fully saturated rings. The van der Waals surface area contributed by atoms with Crippen molar-refractivity contribution >= 4 is 23.5 Å². The SMILES string of the molecule is CCSCCCNCC(C)CSC. The Morgan fingerprint density at radius 3 is 2.77 bits per heavy atom. The summed E-state index contributed by atoms with van der Waals surface area (Å²) < 4.78 is 0. The Hall–Kier alpha value is 0.660. The van der Waals surface area contributed by atoms with Crippen molar-refractivity contribution in [2.75, 3.05) is 36.6 Å². The van der Waals surface area contributed by atoms with Crippen LogP contribution in [0.4, 0.5) is 0 Å². The molecule has 0 aliphatic heterocycles. The molecule has 0 heterocycles. The van der Waals surface area contributed by atoms with Gasteiger partial charge in [0.15, 0.2) is 0 Å². The van der Waals surface area contributed by atoms with E-state index >= 15 is 0 Å². The van der Waals surface area contributed by atoms with E-state index in [4.69, 9.17) is 0 Å².